The minimum Gasteiger partial charge on any atom is -0.350 e. The van der Waals surface area contributed by atoms with Crippen LogP contribution in [0.4, 0.5) is 14.5 Å². The van der Waals surface area contributed by atoms with E-state index >= 15 is 0 Å². The highest BCUT2D eigenvalue weighted by Gasteiger charge is 2.15. The molecule has 0 spiro atoms. The molecule has 1 aromatic rings. The third-order valence-corrected chi connectivity index (χ3v) is 2.01. The summed E-state index contributed by atoms with van der Waals surface area (Å²) in [5.41, 5.74) is 0.465. The Hall–Kier alpha value is -1.98. The van der Waals surface area contributed by atoms with E-state index in [0.717, 1.165) is 0 Å². The summed E-state index contributed by atoms with van der Waals surface area (Å²) in [4.78, 5) is 22.5. The predicted octanol–water partition coefficient (Wildman–Crippen LogP) is 2.03. The van der Waals surface area contributed by atoms with Crippen LogP contribution in [-0.2, 0) is 4.79 Å². The van der Waals surface area contributed by atoms with E-state index < -0.39 is 12.3 Å². The third kappa shape index (κ3) is 4.12. The van der Waals surface area contributed by atoms with Crippen molar-refractivity contribution in [2.45, 2.75) is 26.3 Å². The number of hydrogen-bond acceptors (Lipinski definition) is 2. The number of carbonyl (C=O) groups is 2. The summed E-state index contributed by atoms with van der Waals surface area (Å²) in [6.07, 6.45) is -3.09. The van der Waals surface area contributed by atoms with Crippen LogP contribution in [-0.4, -0.2) is 24.3 Å². The summed E-state index contributed by atoms with van der Waals surface area (Å²) in [7, 11) is 0. The van der Waals surface area contributed by atoms with Gasteiger partial charge < -0.3 is 10.6 Å². The van der Waals surface area contributed by atoms with Crippen molar-refractivity contribution in [3.8, 4) is 0 Å². The molecule has 0 aromatic heterocycles. The van der Waals surface area contributed by atoms with E-state index in [1.54, 1.807) is 13.8 Å². The molecule has 18 heavy (non-hydrogen) atoms. The largest absolute Gasteiger partial charge is 0.350 e. The average Bonchev–Trinajstić information content (AvgIpc) is 2.28. The first-order chi connectivity index (χ1) is 8.40. The topological polar surface area (TPSA) is 58.2 Å². The number of anilines is 1. The van der Waals surface area contributed by atoms with Gasteiger partial charge in [0.1, 0.15) is 0 Å². The highest BCUT2D eigenvalue weighted by atomic mass is 19.3. The van der Waals surface area contributed by atoms with Crippen LogP contribution in [0.15, 0.2) is 24.3 Å². The maximum Gasteiger partial charge on any atom is 0.315 e. The van der Waals surface area contributed by atoms with Crippen molar-refractivity contribution in [2.24, 2.45) is 0 Å². The van der Waals surface area contributed by atoms with Gasteiger partial charge in [0, 0.05) is 17.3 Å². The molecule has 6 heteroatoms. The quantitative estimate of drug-likeness (QED) is 0.866. The van der Waals surface area contributed by atoms with Gasteiger partial charge in [-0.3, -0.25) is 9.59 Å². The van der Waals surface area contributed by atoms with Crippen LogP contribution >= 0.6 is 0 Å². The van der Waals surface area contributed by atoms with Crippen LogP contribution in [0.2, 0.25) is 0 Å². The molecule has 98 valence electrons. The van der Waals surface area contributed by atoms with Crippen molar-refractivity contribution < 1.29 is 18.4 Å². The van der Waals surface area contributed by atoms with Gasteiger partial charge in [0.25, 0.3) is 11.8 Å². The fraction of sp³-hybridized carbons (Fsp3) is 0.333. The molecule has 0 bridgehead atoms. The summed E-state index contributed by atoms with van der Waals surface area (Å²) >= 11 is 0. The van der Waals surface area contributed by atoms with E-state index in [1.807, 2.05) is 5.32 Å². The average molecular weight is 256 g/mol. The monoisotopic (exact) mass is 256 g/mol. The molecular weight excluding hydrogens is 242 g/mol. The van der Waals surface area contributed by atoms with Gasteiger partial charge >= 0.3 is 6.43 Å². The molecule has 0 aliphatic heterocycles. The number of amides is 2. The number of benzene rings is 1. The first kappa shape index (κ1) is 14.1. The third-order valence-electron chi connectivity index (χ3n) is 2.01. The minimum absolute atomic E-state index is 0.0307. The lowest BCUT2D eigenvalue weighted by Crippen LogP contribution is -2.30. The van der Waals surface area contributed by atoms with E-state index in [4.69, 9.17) is 0 Å². The summed E-state index contributed by atoms with van der Waals surface area (Å²) in [5, 5.41) is 4.68. The molecule has 4 nitrogen and oxygen atoms in total. The first-order valence-electron chi connectivity index (χ1n) is 5.40. The van der Waals surface area contributed by atoms with Crippen molar-refractivity contribution >= 4 is 17.5 Å². The first-order valence-corrected chi connectivity index (χ1v) is 5.40. The Kier molecular flexibility index (Phi) is 4.76. The second-order valence-electron chi connectivity index (χ2n) is 4.00. The Morgan fingerprint density at radius 2 is 1.89 bits per heavy atom. The van der Waals surface area contributed by atoms with Gasteiger partial charge in [0.05, 0.1) is 0 Å². The van der Waals surface area contributed by atoms with Gasteiger partial charge in [0.15, 0.2) is 0 Å². The Morgan fingerprint density at radius 1 is 1.22 bits per heavy atom. The molecule has 0 saturated heterocycles. The van der Waals surface area contributed by atoms with Crippen LogP contribution in [0.3, 0.4) is 0 Å². The number of alkyl halides is 2. The smallest absolute Gasteiger partial charge is 0.315 e. The zero-order chi connectivity index (χ0) is 13.7. The van der Waals surface area contributed by atoms with E-state index in [-0.39, 0.29) is 17.6 Å². The zero-order valence-corrected chi connectivity index (χ0v) is 10.0. The van der Waals surface area contributed by atoms with Crippen LogP contribution in [0.1, 0.15) is 24.2 Å². The van der Waals surface area contributed by atoms with Crippen molar-refractivity contribution in [3.05, 3.63) is 29.8 Å². The molecular formula is C12H14F2N2O2. The second-order valence-corrected chi connectivity index (χ2v) is 4.00. The molecule has 0 aliphatic rings. The lowest BCUT2D eigenvalue weighted by Gasteiger charge is -2.10. The summed E-state index contributed by atoms with van der Waals surface area (Å²) in [6.45, 7) is 3.61. The summed E-state index contributed by atoms with van der Waals surface area (Å²) in [6, 6.07) is 5.80. The summed E-state index contributed by atoms with van der Waals surface area (Å²) in [5.74, 6) is -1.71. The number of hydrogen-bond donors (Lipinski definition) is 2. The zero-order valence-electron chi connectivity index (χ0n) is 10.0. The van der Waals surface area contributed by atoms with Gasteiger partial charge in [0.2, 0.25) is 0 Å². The number of halogens is 2. The molecule has 2 amide bonds. The molecule has 0 aliphatic carbocycles. The van der Waals surface area contributed by atoms with Crippen LogP contribution < -0.4 is 10.6 Å². The fourth-order valence-electron chi connectivity index (χ4n) is 1.28. The molecule has 0 radical (unpaired) electrons. The normalized spacial score (nSPS) is 10.6. The maximum absolute atomic E-state index is 12.1. The molecule has 0 atom stereocenters. The second kappa shape index (κ2) is 6.09. The van der Waals surface area contributed by atoms with Crippen molar-refractivity contribution in [2.75, 3.05) is 5.32 Å². The molecule has 0 saturated carbocycles. The number of rotatable bonds is 4. The Labute approximate surface area is 103 Å². The van der Waals surface area contributed by atoms with E-state index in [9.17, 15) is 18.4 Å². The van der Waals surface area contributed by atoms with Gasteiger partial charge in [-0.05, 0) is 32.0 Å². The lowest BCUT2D eigenvalue weighted by molar-refractivity contribution is -0.126. The molecule has 0 heterocycles. The molecule has 2 N–H and O–H groups in total. The Bertz CT molecular complexity index is 447. The number of nitrogens with one attached hydrogen (secondary N) is 2. The van der Waals surface area contributed by atoms with Crippen LogP contribution in [0, 0.1) is 0 Å². The maximum atomic E-state index is 12.1. The molecule has 1 aromatic carbocycles. The highest BCUT2D eigenvalue weighted by Crippen LogP contribution is 2.12. The highest BCUT2D eigenvalue weighted by molar-refractivity contribution is 5.97. The van der Waals surface area contributed by atoms with Crippen molar-refractivity contribution in [3.63, 3.8) is 0 Å². The van der Waals surface area contributed by atoms with Gasteiger partial charge in [-0.15, -0.1) is 0 Å². The van der Waals surface area contributed by atoms with Gasteiger partial charge in [-0.25, -0.2) is 0 Å². The van der Waals surface area contributed by atoms with Crippen molar-refractivity contribution in [1.29, 1.82) is 0 Å². The lowest BCUT2D eigenvalue weighted by atomic mass is 10.2. The predicted molar refractivity (Wildman–Crippen MR) is 63.7 cm³/mol. The SMILES string of the molecule is CC(C)NC(=O)c1cccc(NC(=O)C(F)F)c1. The van der Waals surface area contributed by atoms with Crippen molar-refractivity contribution in [1.82, 2.24) is 5.32 Å². The van der Waals surface area contributed by atoms with E-state index in [0.29, 0.717) is 5.56 Å². The Balaban J connectivity index is 2.79. The molecule has 0 fully saturated rings. The van der Waals surface area contributed by atoms with E-state index in [2.05, 4.69) is 5.32 Å². The van der Waals surface area contributed by atoms with Gasteiger partial charge in [-0.2, -0.15) is 8.78 Å². The summed E-state index contributed by atoms with van der Waals surface area (Å²) < 4.78 is 24.1. The van der Waals surface area contributed by atoms with Crippen LogP contribution in [0.5, 0.6) is 0 Å². The minimum atomic E-state index is -3.09. The van der Waals surface area contributed by atoms with E-state index in [1.165, 1.54) is 24.3 Å². The van der Waals surface area contributed by atoms with Gasteiger partial charge in [-0.1, -0.05) is 6.07 Å². The molecule has 0 unspecified atom stereocenters. The number of carbonyl (C=O) groups excluding carboxylic acids is 2. The Morgan fingerprint density at radius 3 is 2.44 bits per heavy atom. The standard InChI is InChI=1S/C12H14F2N2O2/c1-7(2)15-11(17)8-4-3-5-9(6-8)16-12(18)10(13)14/h3-7,10H,1-2H3,(H,15,17)(H,16,18). The molecule has 1 rings (SSSR count). The van der Waals surface area contributed by atoms with Crippen LogP contribution in [0.25, 0.3) is 0 Å². The fourth-order valence-corrected chi connectivity index (χ4v) is 1.28.